The van der Waals surface area contributed by atoms with Crippen LogP contribution in [0.3, 0.4) is 0 Å². The Labute approximate surface area is 118 Å². The summed E-state index contributed by atoms with van der Waals surface area (Å²) in [5.74, 6) is -0.265. The smallest absolute Gasteiger partial charge is 0.508 e. The van der Waals surface area contributed by atoms with Gasteiger partial charge in [0.2, 0.25) is 0 Å². The molecule has 1 N–H and O–H groups in total. The van der Waals surface area contributed by atoms with E-state index >= 15 is 0 Å². The minimum absolute atomic E-state index is 0. The van der Waals surface area contributed by atoms with Crippen LogP contribution in [-0.4, -0.2) is 11.1 Å². The molecular weight excluding hydrogens is 282 g/mol. The van der Waals surface area contributed by atoms with E-state index in [0.29, 0.717) is 5.56 Å². The molecule has 0 aromatic heterocycles. The summed E-state index contributed by atoms with van der Waals surface area (Å²) in [7, 11) is 0. The average Bonchev–Trinajstić information content (AvgIpc) is 2.38. The number of carbonyl (C=O) groups is 1. The van der Waals surface area contributed by atoms with E-state index in [1.807, 2.05) is 30.3 Å². The summed E-state index contributed by atoms with van der Waals surface area (Å²) in [6.07, 6.45) is 0. The standard InChI is InChI=1S/C14H12O3.Zn/c15-13-8-6-12(7-9-13)14(16)17-10-11-4-2-1-3-5-11;/h1-9,15H,10H2;/q;+2. The fraction of sp³-hybridized carbons (Fsp3) is 0.0714. The van der Waals surface area contributed by atoms with Gasteiger partial charge in [-0.1, -0.05) is 30.3 Å². The van der Waals surface area contributed by atoms with Crippen molar-refractivity contribution in [2.75, 3.05) is 0 Å². The van der Waals surface area contributed by atoms with E-state index in [1.54, 1.807) is 0 Å². The fourth-order valence-electron chi connectivity index (χ4n) is 1.40. The van der Waals surface area contributed by atoms with E-state index in [0.717, 1.165) is 5.56 Å². The van der Waals surface area contributed by atoms with Crippen LogP contribution in [0.25, 0.3) is 0 Å². The molecule has 0 fully saturated rings. The Hall–Kier alpha value is -1.67. The van der Waals surface area contributed by atoms with Crippen molar-refractivity contribution in [3.05, 3.63) is 65.7 Å². The summed E-state index contributed by atoms with van der Waals surface area (Å²) in [4.78, 5) is 11.6. The number of hydrogen-bond acceptors (Lipinski definition) is 3. The topological polar surface area (TPSA) is 46.5 Å². The third-order valence-corrected chi connectivity index (χ3v) is 2.32. The normalized spacial score (nSPS) is 9.33. The zero-order valence-corrected chi connectivity index (χ0v) is 12.8. The minimum Gasteiger partial charge on any atom is -0.508 e. The van der Waals surface area contributed by atoms with Crippen LogP contribution in [0.5, 0.6) is 5.75 Å². The number of phenolic OH excluding ortho intramolecular Hbond substituents is 1. The molecule has 2 aromatic carbocycles. The van der Waals surface area contributed by atoms with Crippen molar-refractivity contribution in [2.45, 2.75) is 6.61 Å². The summed E-state index contributed by atoms with van der Waals surface area (Å²) >= 11 is 0. The molecule has 0 aliphatic carbocycles. The molecule has 0 unspecified atom stereocenters. The van der Waals surface area contributed by atoms with Gasteiger partial charge in [0.25, 0.3) is 0 Å². The quantitative estimate of drug-likeness (QED) is 0.699. The van der Waals surface area contributed by atoms with Crippen molar-refractivity contribution in [1.29, 1.82) is 0 Å². The van der Waals surface area contributed by atoms with Crippen molar-refractivity contribution in [1.82, 2.24) is 0 Å². The average molecular weight is 294 g/mol. The Balaban J connectivity index is 0.00000162. The van der Waals surface area contributed by atoms with Gasteiger partial charge in [-0.15, -0.1) is 0 Å². The molecule has 4 heteroatoms. The Morgan fingerprint density at radius 2 is 1.61 bits per heavy atom. The number of phenols is 1. The second-order valence-electron chi connectivity index (χ2n) is 3.61. The number of rotatable bonds is 3. The Morgan fingerprint density at radius 1 is 1.00 bits per heavy atom. The first kappa shape index (κ1) is 14.4. The SMILES string of the molecule is O=C(OCc1ccccc1)c1ccc(O)cc1.[Zn+2]. The summed E-state index contributed by atoms with van der Waals surface area (Å²) in [6, 6.07) is 15.5. The second kappa shape index (κ2) is 6.92. The van der Waals surface area contributed by atoms with Gasteiger partial charge in [-0.25, -0.2) is 4.79 Å². The molecule has 0 spiro atoms. The van der Waals surface area contributed by atoms with Crippen molar-refractivity contribution in [3.8, 4) is 5.75 Å². The maximum Gasteiger partial charge on any atom is 2.00 e. The van der Waals surface area contributed by atoms with Crippen LogP contribution < -0.4 is 0 Å². The molecule has 2 rings (SSSR count). The van der Waals surface area contributed by atoms with Crippen LogP contribution in [0.4, 0.5) is 0 Å². The van der Waals surface area contributed by atoms with Gasteiger partial charge >= 0.3 is 25.4 Å². The van der Waals surface area contributed by atoms with Crippen LogP contribution in [-0.2, 0) is 30.8 Å². The van der Waals surface area contributed by atoms with Gasteiger partial charge in [-0.05, 0) is 29.8 Å². The summed E-state index contributed by atoms with van der Waals surface area (Å²) in [5, 5.41) is 9.09. The number of aromatic hydroxyl groups is 1. The van der Waals surface area contributed by atoms with E-state index in [9.17, 15) is 4.79 Å². The van der Waals surface area contributed by atoms with Crippen LogP contribution >= 0.6 is 0 Å². The Bertz CT molecular complexity index is 494. The molecule has 0 aliphatic heterocycles. The van der Waals surface area contributed by atoms with Crippen LogP contribution in [0, 0.1) is 0 Å². The first-order valence-corrected chi connectivity index (χ1v) is 5.26. The van der Waals surface area contributed by atoms with Gasteiger partial charge < -0.3 is 9.84 Å². The number of benzene rings is 2. The minimum atomic E-state index is -0.395. The molecule has 3 nitrogen and oxygen atoms in total. The number of ether oxygens (including phenoxy) is 1. The summed E-state index contributed by atoms with van der Waals surface area (Å²) in [6.45, 7) is 0.251. The zero-order chi connectivity index (χ0) is 12.1. The van der Waals surface area contributed by atoms with Crippen LogP contribution in [0.2, 0.25) is 0 Å². The summed E-state index contributed by atoms with van der Waals surface area (Å²) < 4.78 is 5.13. The molecule has 0 amide bonds. The van der Waals surface area contributed by atoms with E-state index in [2.05, 4.69) is 0 Å². The first-order chi connectivity index (χ1) is 8.25. The van der Waals surface area contributed by atoms with E-state index in [4.69, 9.17) is 9.84 Å². The molecule has 0 radical (unpaired) electrons. The number of hydrogen-bond donors (Lipinski definition) is 1. The third kappa shape index (κ3) is 3.97. The molecule has 0 heterocycles. The predicted molar refractivity (Wildman–Crippen MR) is 63.7 cm³/mol. The maximum absolute atomic E-state index is 11.6. The third-order valence-electron chi connectivity index (χ3n) is 2.32. The monoisotopic (exact) mass is 292 g/mol. The molecule has 0 saturated carbocycles. The molecule has 2 aromatic rings. The molecule has 86 valence electrons. The van der Waals surface area contributed by atoms with E-state index in [1.165, 1.54) is 24.3 Å². The fourth-order valence-corrected chi connectivity index (χ4v) is 1.40. The predicted octanol–water partition coefficient (Wildman–Crippen LogP) is 2.75. The van der Waals surface area contributed by atoms with Crippen molar-refractivity contribution >= 4 is 5.97 Å². The second-order valence-corrected chi connectivity index (χ2v) is 3.61. The van der Waals surface area contributed by atoms with Crippen LogP contribution in [0.15, 0.2) is 54.6 Å². The molecular formula is C14H12O3Zn+2. The van der Waals surface area contributed by atoms with Gasteiger partial charge in [0.15, 0.2) is 0 Å². The molecule has 0 saturated heterocycles. The Morgan fingerprint density at radius 3 is 2.22 bits per heavy atom. The van der Waals surface area contributed by atoms with Crippen LogP contribution in [0.1, 0.15) is 15.9 Å². The van der Waals surface area contributed by atoms with Crippen molar-refractivity contribution < 1.29 is 34.1 Å². The Kier molecular flexibility index (Phi) is 5.54. The largest absolute Gasteiger partial charge is 2.00 e. The van der Waals surface area contributed by atoms with E-state index < -0.39 is 5.97 Å². The number of carbonyl (C=O) groups excluding carboxylic acids is 1. The van der Waals surface area contributed by atoms with Gasteiger partial charge in [0, 0.05) is 0 Å². The molecule has 0 atom stereocenters. The zero-order valence-electron chi connectivity index (χ0n) is 9.87. The van der Waals surface area contributed by atoms with Gasteiger partial charge in [0.1, 0.15) is 12.4 Å². The first-order valence-electron chi connectivity index (χ1n) is 5.26. The molecule has 18 heavy (non-hydrogen) atoms. The van der Waals surface area contributed by atoms with Gasteiger partial charge in [-0.3, -0.25) is 0 Å². The molecule has 0 aliphatic rings. The van der Waals surface area contributed by atoms with Gasteiger partial charge in [0.05, 0.1) is 5.56 Å². The van der Waals surface area contributed by atoms with Crippen molar-refractivity contribution in [2.24, 2.45) is 0 Å². The van der Waals surface area contributed by atoms with Crippen molar-refractivity contribution in [3.63, 3.8) is 0 Å². The number of esters is 1. The summed E-state index contributed by atoms with van der Waals surface area (Å²) in [5.41, 5.74) is 1.37. The van der Waals surface area contributed by atoms with Gasteiger partial charge in [-0.2, -0.15) is 0 Å². The molecule has 0 bridgehead atoms. The van der Waals surface area contributed by atoms with E-state index in [-0.39, 0.29) is 31.8 Å². The maximum atomic E-state index is 11.6.